The van der Waals surface area contributed by atoms with Gasteiger partial charge in [-0.15, -0.1) is 0 Å². The van der Waals surface area contributed by atoms with Gasteiger partial charge in [-0.1, -0.05) is 6.92 Å². The van der Waals surface area contributed by atoms with Gasteiger partial charge in [0, 0.05) is 36.5 Å². The number of nitriles is 1. The fourth-order valence-corrected chi connectivity index (χ4v) is 2.42. The fourth-order valence-electron chi connectivity index (χ4n) is 2.42. The van der Waals surface area contributed by atoms with Crippen LogP contribution in [0.2, 0.25) is 0 Å². The predicted octanol–water partition coefficient (Wildman–Crippen LogP) is 0.995. The fraction of sp³-hybridized carbons (Fsp3) is 0.455. The lowest BCUT2D eigenvalue weighted by Gasteiger charge is -2.29. The Bertz CT molecular complexity index is 452. The Kier molecular flexibility index (Phi) is 1.70. The van der Waals surface area contributed by atoms with Crippen LogP contribution in [0.15, 0.2) is 12.4 Å². The summed E-state index contributed by atoms with van der Waals surface area (Å²) in [6.45, 7) is 3.02. The van der Waals surface area contributed by atoms with E-state index in [2.05, 4.69) is 23.3 Å². The first-order chi connectivity index (χ1) is 7.31. The van der Waals surface area contributed by atoms with Crippen LogP contribution in [-0.2, 0) is 0 Å². The molecule has 2 aliphatic heterocycles. The molecule has 1 N–H and O–H groups in total. The lowest BCUT2D eigenvalue weighted by atomic mass is 9.91. The summed E-state index contributed by atoms with van der Waals surface area (Å²) in [5.74, 6) is 1.18. The van der Waals surface area contributed by atoms with Crippen LogP contribution >= 0.6 is 0 Å². The molecule has 2 aliphatic rings. The zero-order chi connectivity index (χ0) is 10.4. The van der Waals surface area contributed by atoms with Crippen molar-refractivity contribution in [1.82, 2.24) is 10.3 Å². The number of aromatic nitrogens is 1. The second-order valence-electron chi connectivity index (χ2n) is 4.12. The van der Waals surface area contributed by atoms with Gasteiger partial charge in [0.1, 0.15) is 23.5 Å². The highest BCUT2D eigenvalue weighted by molar-refractivity contribution is 5.49. The molecule has 3 atom stereocenters. The van der Waals surface area contributed by atoms with E-state index in [9.17, 15) is 0 Å². The molecule has 1 saturated heterocycles. The highest BCUT2D eigenvalue weighted by Crippen LogP contribution is 2.42. The number of ether oxygens (including phenoxy) is 1. The minimum absolute atomic E-state index is 0.192. The molecule has 1 aromatic rings. The van der Waals surface area contributed by atoms with Crippen LogP contribution in [0.5, 0.6) is 5.75 Å². The second-order valence-corrected chi connectivity index (χ2v) is 4.12. The van der Waals surface area contributed by atoms with E-state index < -0.39 is 0 Å². The molecule has 1 aromatic heterocycles. The van der Waals surface area contributed by atoms with Gasteiger partial charge in [0.25, 0.3) is 0 Å². The summed E-state index contributed by atoms with van der Waals surface area (Å²) < 4.78 is 5.83. The van der Waals surface area contributed by atoms with Crippen LogP contribution in [0.4, 0.5) is 0 Å². The van der Waals surface area contributed by atoms with E-state index in [1.165, 1.54) is 0 Å². The van der Waals surface area contributed by atoms with Crippen molar-refractivity contribution >= 4 is 0 Å². The quantitative estimate of drug-likeness (QED) is 0.680. The number of pyridine rings is 1. The number of rotatable bonds is 0. The van der Waals surface area contributed by atoms with E-state index >= 15 is 0 Å². The minimum atomic E-state index is 0.192. The molecule has 3 rings (SSSR count). The normalized spacial score (nSPS) is 31.6. The Morgan fingerprint density at radius 3 is 3.27 bits per heavy atom. The van der Waals surface area contributed by atoms with Crippen molar-refractivity contribution in [3.63, 3.8) is 0 Å². The van der Waals surface area contributed by atoms with Crippen molar-refractivity contribution < 1.29 is 4.74 Å². The number of hydrogen-bond donors (Lipinski definition) is 1. The van der Waals surface area contributed by atoms with Crippen LogP contribution in [0.25, 0.3) is 0 Å². The van der Waals surface area contributed by atoms with Gasteiger partial charge in [-0.25, -0.2) is 0 Å². The van der Waals surface area contributed by atoms with Crippen LogP contribution in [0.1, 0.15) is 24.1 Å². The van der Waals surface area contributed by atoms with Gasteiger partial charge in [-0.3, -0.25) is 4.98 Å². The van der Waals surface area contributed by atoms with Crippen molar-refractivity contribution in [3.8, 4) is 11.8 Å². The Morgan fingerprint density at radius 2 is 2.47 bits per heavy atom. The molecule has 1 unspecified atom stereocenters. The maximum Gasteiger partial charge on any atom is 0.145 e. The molecule has 0 amide bonds. The van der Waals surface area contributed by atoms with Crippen LogP contribution < -0.4 is 10.1 Å². The van der Waals surface area contributed by atoms with Gasteiger partial charge >= 0.3 is 0 Å². The maximum atomic E-state index is 8.96. The van der Waals surface area contributed by atoms with E-state index in [0.29, 0.717) is 17.5 Å². The first kappa shape index (κ1) is 8.69. The van der Waals surface area contributed by atoms with Gasteiger partial charge in [-0.2, -0.15) is 5.26 Å². The second kappa shape index (κ2) is 2.94. The van der Waals surface area contributed by atoms with Crippen molar-refractivity contribution in [2.24, 2.45) is 5.92 Å². The first-order valence-corrected chi connectivity index (χ1v) is 5.09. The molecule has 0 saturated carbocycles. The molecular weight excluding hydrogens is 190 g/mol. The van der Waals surface area contributed by atoms with E-state index in [4.69, 9.17) is 10.00 Å². The molecule has 4 nitrogen and oxygen atoms in total. The molecule has 15 heavy (non-hydrogen) atoms. The third-order valence-electron chi connectivity index (χ3n) is 3.30. The van der Waals surface area contributed by atoms with E-state index in [-0.39, 0.29) is 6.10 Å². The molecule has 1 fully saturated rings. The van der Waals surface area contributed by atoms with Gasteiger partial charge in [0.15, 0.2) is 0 Å². The SMILES string of the molecule is C[C@@H]1C2CN[C@H]1c1cncc(C#N)c1O2. The summed E-state index contributed by atoms with van der Waals surface area (Å²) >= 11 is 0. The Hall–Kier alpha value is -1.60. The average Bonchev–Trinajstić information content (AvgIpc) is 2.52. The predicted molar refractivity (Wildman–Crippen MR) is 53.3 cm³/mol. The number of hydrogen-bond acceptors (Lipinski definition) is 4. The third kappa shape index (κ3) is 1.07. The van der Waals surface area contributed by atoms with Gasteiger partial charge in [-0.05, 0) is 0 Å². The molecule has 0 aromatic carbocycles. The molecule has 76 valence electrons. The first-order valence-electron chi connectivity index (χ1n) is 5.09. The highest BCUT2D eigenvalue weighted by atomic mass is 16.5. The van der Waals surface area contributed by atoms with Gasteiger partial charge < -0.3 is 10.1 Å². The summed E-state index contributed by atoms with van der Waals surface area (Å²) in [5.41, 5.74) is 1.56. The molecular formula is C11H11N3O. The topological polar surface area (TPSA) is 57.9 Å². The molecule has 2 bridgehead atoms. The van der Waals surface area contributed by atoms with E-state index in [1.807, 2.05) is 0 Å². The molecule has 0 spiro atoms. The van der Waals surface area contributed by atoms with E-state index in [1.54, 1.807) is 12.4 Å². The van der Waals surface area contributed by atoms with Gasteiger partial charge in [0.2, 0.25) is 0 Å². The monoisotopic (exact) mass is 201 g/mol. The lowest BCUT2D eigenvalue weighted by Crippen LogP contribution is -2.29. The largest absolute Gasteiger partial charge is 0.487 e. The van der Waals surface area contributed by atoms with Crippen molar-refractivity contribution in [2.75, 3.05) is 6.54 Å². The minimum Gasteiger partial charge on any atom is -0.487 e. The molecule has 3 heterocycles. The maximum absolute atomic E-state index is 8.96. The zero-order valence-corrected chi connectivity index (χ0v) is 8.40. The Balaban J connectivity index is 2.18. The van der Waals surface area contributed by atoms with Crippen LogP contribution in [0.3, 0.4) is 0 Å². The summed E-state index contributed by atoms with van der Waals surface area (Å²) in [5, 5.41) is 12.4. The molecule has 0 aliphatic carbocycles. The van der Waals surface area contributed by atoms with Gasteiger partial charge in [0.05, 0.1) is 0 Å². The summed E-state index contributed by atoms with van der Waals surface area (Å²) in [6, 6.07) is 2.41. The Morgan fingerprint density at radius 1 is 1.60 bits per heavy atom. The van der Waals surface area contributed by atoms with Crippen LogP contribution in [-0.4, -0.2) is 17.6 Å². The average molecular weight is 201 g/mol. The number of nitrogens with one attached hydrogen (secondary N) is 1. The lowest BCUT2D eigenvalue weighted by molar-refractivity contribution is 0.152. The summed E-state index contributed by atoms with van der Waals surface area (Å²) in [4.78, 5) is 4.08. The highest BCUT2D eigenvalue weighted by Gasteiger charge is 2.41. The smallest absolute Gasteiger partial charge is 0.145 e. The van der Waals surface area contributed by atoms with Crippen molar-refractivity contribution in [1.29, 1.82) is 5.26 Å². The number of nitrogens with zero attached hydrogens (tertiary/aromatic N) is 2. The zero-order valence-electron chi connectivity index (χ0n) is 8.40. The third-order valence-corrected chi connectivity index (χ3v) is 3.30. The molecule has 0 radical (unpaired) electrons. The van der Waals surface area contributed by atoms with Crippen molar-refractivity contribution in [3.05, 3.63) is 23.5 Å². The molecule has 4 heteroatoms. The summed E-state index contributed by atoms with van der Waals surface area (Å²) in [7, 11) is 0. The Labute approximate surface area is 87.9 Å². The summed E-state index contributed by atoms with van der Waals surface area (Å²) in [6.07, 6.45) is 3.55. The van der Waals surface area contributed by atoms with Crippen LogP contribution in [0, 0.1) is 17.2 Å². The number of fused-ring (bicyclic) bond motifs is 4. The standard InChI is InChI=1S/C11H11N3O/c1-6-9-5-14-10(6)8-4-13-3-7(2-12)11(8)15-9/h3-4,6,9-10,14H,5H2,1H3/t6-,9?,10-/m1/s1. The van der Waals surface area contributed by atoms with E-state index in [0.717, 1.165) is 17.9 Å². The van der Waals surface area contributed by atoms with Crippen molar-refractivity contribution in [2.45, 2.75) is 19.1 Å².